The van der Waals surface area contributed by atoms with Crippen LogP contribution in [0.4, 0.5) is 10.5 Å². The molecule has 9 nitrogen and oxygen atoms in total. The van der Waals surface area contributed by atoms with Gasteiger partial charge in [-0.2, -0.15) is 5.48 Å². The number of hydrogen-bond acceptors (Lipinski definition) is 7. The van der Waals surface area contributed by atoms with Crippen LogP contribution in [0.25, 0.3) is 0 Å². The summed E-state index contributed by atoms with van der Waals surface area (Å²) in [7, 11) is 0. The molecule has 1 aromatic rings. The number of carbonyl (C=O) groups excluding carboxylic acids is 2. The molecule has 0 fully saturated rings. The number of non-ortho nitro benzene ring substituents is 1. The molecule has 0 aliphatic rings. The Balaban J connectivity index is 2.66. The van der Waals surface area contributed by atoms with Crippen LogP contribution in [-0.4, -0.2) is 47.1 Å². The summed E-state index contributed by atoms with van der Waals surface area (Å²) in [4.78, 5) is 39.4. The minimum Gasteiger partial charge on any atom is -0.444 e. The average Bonchev–Trinajstić information content (AvgIpc) is 2.52. The molecule has 1 aromatic carbocycles. The zero-order valence-electron chi connectivity index (χ0n) is 15.5. The highest BCUT2D eigenvalue weighted by atomic mass is 16.7. The molecule has 0 saturated heterocycles. The Bertz CT molecular complexity index is 624. The van der Waals surface area contributed by atoms with E-state index >= 15 is 0 Å². The molecule has 0 heterocycles. The van der Waals surface area contributed by atoms with Gasteiger partial charge in [0, 0.05) is 38.7 Å². The molecule has 0 atom stereocenters. The second-order valence-corrected chi connectivity index (χ2v) is 6.63. The second kappa shape index (κ2) is 9.71. The molecule has 0 saturated carbocycles. The first kappa shape index (κ1) is 21.4. The number of nitro benzene ring substituents is 1. The Hall–Kier alpha value is -2.68. The van der Waals surface area contributed by atoms with Gasteiger partial charge in [0.05, 0.1) is 4.92 Å². The zero-order chi connectivity index (χ0) is 19.7. The highest BCUT2D eigenvalue weighted by Crippen LogP contribution is 2.14. The van der Waals surface area contributed by atoms with Crippen molar-refractivity contribution >= 4 is 17.7 Å². The van der Waals surface area contributed by atoms with Gasteiger partial charge in [-0.3, -0.25) is 14.9 Å². The van der Waals surface area contributed by atoms with Crippen molar-refractivity contribution in [2.45, 2.75) is 39.7 Å². The fourth-order valence-electron chi connectivity index (χ4n) is 2.00. The van der Waals surface area contributed by atoms with Gasteiger partial charge in [-0.05, 0) is 32.8 Å². The zero-order valence-corrected chi connectivity index (χ0v) is 15.5. The molecule has 0 unspecified atom stereocenters. The molecule has 0 spiro atoms. The fourth-order valence-corrected chi connectivity index (χ4v) is 2.00. The minimum absolute atomic E-state index is 0.0170. The predicted molar refractivity (Wildman–Crippen MR) is 94.4 cm³/mol. The molecular weight excluding hydrogens is 342 g/mol. The first-order valence-electron chi connectivity index (χ1n) is 8.20. The molecule has 144 valence electrons. The maximum Gasteiger partial charge on any atom is 0.410 e. The lowest BCUT2D eigenvalue weighted by Crippen LogP contribution is -2.41. The van der Waals surface area contributed by atoms with Crippen LogP contribution in [0, 0.1) is 10.1 Å². The van der Waals surface area contributed by atoms with Crippen molar-refractivity contribution in [3.63, 3.8) is 0 Å². The van der Waals surface area contributed by atoms with Crippen LogP contribution in [-0.2, 0) is 20.8 Å². The number of nitrogens with zero attached hydrogens (tertiary/aromatic N) is 2. The SMILES string of the molecule is CC(=O)ONCCN(CCc1ccc([N+](=O)[O-])cc1)C(=O)OC(C)(C)C. The number of amides is 1. The van der Waals surface area contributed by atoms with Crippen molar-refractivity contribution in [1.82, 2.24) is 10.4 Å². The number of rotatable bonds is 8. The summed E-state index contributed by atoms with van der Waals surface area (Å²) < 4.78 is 5.38. The first-order chi connectivity index (χ1) is 12.1. The van der Waals surface area contributed by atoms with Crippen molar-refractivity contribution in [2.24, 2.45) is 0 Å². The molecule has 1 N–H and O–H groups in total. The number of nitro groups is 1. The van der Waals surface area contributed by atoms with Gasteiger partial charge in [-0.1, -0.05) is 12.1 Å². The highest BCUT2D eigenvalue weighted by molar-refractivity contribution is 5.68. The highest BCUT2D eigenvalue weighted by Gasteiger charge is 2.22. The summed E-state index contributed by atoms with van der Waals surface area (Å²) in [6.45, 7) is 7.47. The molecule has 9 heteroatoms. The van der Waals surface area contributed by atoms with E-state index in [9.17, 15) is 19.7 Å². The number of benzene rings is 1. The summed E-state index contributed by atoms with van der Waals surface area (Å²) >= 11 is 0. The van der Waals surface area contributed by atoms with Crippen molar-refractivity contribution in [1.29, 1.82) is 0 Å². The smallest absolute Gasteiger partial charge is 0.410 e. The Morgan fingerprint density at radius 3 is 2.31 bits per heavy atom. The van der Waals surface area contributed by atoms with E-state index < -0.39 is 22.6 Å². The molecule has 0 aromatic heterocycles. The van der Waals surface area contributed by atoms with E-state index in [1.54, 1.807) is 32.9 Å². The van der Waals surface area contributed by atoms with Crippen LogP contribution in [0.5, 0.6) is 0 Å². The lowest BCUT2D eigenvalue weighted by atomic mass is 10.1. The topological polar surface area (TPSA) is 111 Å². The third kappa shape index (κ3) is 8.43. The van der Waals surface area contributed by atoms with Gasteiger partial charge in [-0.25, -0.2) is 4.79 Å². The largest absolute Gasteiger partial charge is 0.444 e. The molecule has 0 bridgehead atoms. The molecule has 0 aliphatic heterocycles. The van der Waals surface area contributed by atoms with Crippen LogP contribution in [0.3, 0.4) is 0 Å². The van der Waals surface area contributed by atoms with Crippen molar-refractivity contribution in [3.8, 4) is 0 Å². The molecule has 1 amide bonds. The fraction of sp³-hybridized carbons (Fsp3) is 0.529. The van der Waals surface area contributed by atoms with E-state index in [-0.39, 0.29) is 18.8 Å². The third-order valence-corrected chi connectivity index (χ3v) is 3.17. The number of carbonyl (C=O) groups is 2. The van der Waals surface area contributed by atoms with E-state index in [1.807, 2.05) is 0 Å². The summed E-state index contributed by atoms with van der Waals surface area (Å²) in [6.07, 6.45) is 0.0224. The minimum atomic E-state index is -0.633. The number of hydroxylamine groups is 1. The number of nitrogens with one attached hydrogen (secondary N) is 1. The van der Waals surface area contributed by atoms with Crippen LogP contribution in [0.1, 0.15) is 33.3 Å². The number of ether oxygens (including phenoxy) is 1. The van der Waals surface area contributed by atoms with E-state index in [2.05, 4.69) is 10.3 Å². The molecule has 1 rings (SSSR count). The Kier molecular flexibility index (Phi) is 7.98. The van der Waals surface area contributed by atoms with E-state index in [1.165, 1.54) is 24.0 Å². The predicted octanol–water partition coefficient (Wildman–Crippen LogP) is 2.44. The summed E-state index contributed by atoms with van der Waals surface area (Å²) in [5.74, 6) is -0.473. The standard InChI is InChI=1S/C17H25N3O6/c1-13(21)26-18-10-12-19(16(22)25-17(2,3)4)11-9-14-5-7-15(8-6-14)20(23)24/h5-8,18H,9-12H2,1-4H3. The van der Waals surface area contributed by atoms with Gasteiger partial charge in [0.1, 0.15) is 5.60 Å². The average molecular weight is 367 g/mol. The third-order valence-electron chi connectivity index (χ3n) is 3.17. The van der Waals surface area contributed by atoms with Crippen LogP contribution >= 0.6 is 0 Å². The summed E-state index contributed by atoms with van der Waals surface area (Å²) in [6, 6.07) is 6.16. The molecule has 0 radical (unpaired) electrons. The molecule has 26 heavy (non-hydrogen) atoms. The second-order valence-electron chi connectivity index (χ2n) is 6.63. The van der Waals surface area contributed by atoms with Crippen molar-refractivity contribution in [2.75, 3.05) is 19.6 Å². The Morgan fingerprint density at radius 1 is 1.19 bits per heavy atom. The van der Waals surface area contributed by atoms with Gasteiger partial charge in [0.15, 0.2) is 0 Å². The Labute approximate surface area is 152 Å². The van der Waals surface area contributed by atoms with Crippen molar-refractivity contribution in [3.05, 3.63) is 39.9 Å². The lowest BCUT2D eigenvalue weighted by molar-refractivity contribution is -0.384. The normalized spacial score (nSPS) is 10.9. The van der Waals surface area contributed by atoms with E-state index in [0.717, 1.165) is 5.56 Å². The van der Waals surface area contributed by atoms with Crippen LogP contribution in [0.15, 0.2) is 24.3 Å². The van der Waals surface area contributed by atoms with Gasteiger partial charge in [0.25, 0.3) is 5.69 Å². The van der Waals surface area contributed by atoms with Gasteiger partial charge < -0.3 is 14.5 Å². The van der Waals surface area contributed by atoms with Gasteiger partial charge in [-0.15, -0.1) is 0 Å². The van der Waals surface area contributed by atoms with Crippen LogP contribution < -0.4 is 5.48 Å². The molecule has 0 aliphatic carbocycles. The Morgan fingerprint density at radius 2 is 1.81 bits per heavy atom. The maximum absolute atomic E-state index is 12.3. The monoisotopic (exact) mass is 367 g/mol. The van der Waals surface area contributed by atoms with Crippen molar-refractivity contribution < 1.29 is 24.1 Å². The quantitative estimate of drug-likeness (QED) is 0.427. The first-order valence-corrected chi connectivity index (χ1v) is 8.20. The van der Waals surface area contributed by atoms with Gasteiger partial charge >= 0.3 is 12.1 Å². The van der Waals surface area contributed by atoms with Crippen LogP contribution in [0.2, 0.25) is 0 Å². The molecular formula is C17H25N3O6. The lowest BCUT2D eigenvalue weighted by Gasteiger charge is -2.27. The van der Waals surface area contributed by atoms with E-state index in [0.29, 0.717) is 13.0 Å². The van der Waals surface area contributed by atoms with Gasteiger partial charge in [0.2, 0.25) is 0 Å². The maximum atomic E-state index is 12.3. The number of hydrogen-bond donors (Lipinski definition) is 1. The van der Waals surface area contributed by atoms with E-state index in [4.69, 9.17) is 4.74 Å². The summed E-state index contributed by atoms with van der Waals surface area (Å²) in [5.41, 5.74) is 2.72. The summed E-state index contributed by atoms with van der Waals surface area (Å²) in [5, 5.41) is 10.7.